The molecule has 0 saturated heterocycles. The third-order valence-electron chi connectivity index (χ3n) is 2.54. The van der Waals surface area contributed by atoms with Crippen molar-refractivity contribution in [3.8, 4) is 5.75 Å². The Bertz CT molecular complexity index is 623. The van der Waals surface area contributed by atoms with Crippen LogP contribution in [-0.2, 0) is 16.6 Å². The summed E-state index contributed by atoms with van der Waals surface area (Å²) in [6, 6.07) is 6.78. The van der Waals surface area contributed by atoms with Crippen LogP contribution >= 0.6 is 0 Å². The molecule has 0 spiro atoms. The van der Waals surface area contributed by atoms with E-state index >= 15 is 0 Å². The molecular weight excluding hydrogens is 280 g/mol. The molecule has 2 rings (SSSR count). The first kappa shape index (κ1) is 14.4. The van der Waals surface area contributed by atoms with E-state index in [9.17, 15) is 8.42 Å². The molecule has 8 heteroatoms. The molecule has 20 heavy (non-hydrogen) atoms. The number of hydrogen-bond donors (Lipinski definition) is 3. The molecule has 108 valence electrons. The van der Waals surface area contributed by atoms with Gasteiger partial charge in [0.15, 0.2) is 0 Å². The van der Waals surface area contributed by atoms with Crippen LogP contribution in [0.5, 0.6) is 5.75 Å². The largest absolute Gasteiger partial charge is 0.492 e. The average molecular weight is 296 g/mol. The zero-order valence-electron chi connectivity index (χ0n) is 10.7. The highest BCUT2D eigenvalue weighted by Crippen LogP contribution is 2.12. The molecular formula is C12H16N4O3S. The first-order valence-electron chi connectivity index (χ1n) is 5.98. The van der Waals surface area contributed by atoms with Crippen molar-refractivity contribution in [2.45, 2.75) is 6.54 Å². The van der Waals surface area contributed by atoms with E-state index in [0.29, 0.717) is 17.1 Å². The molecule has 1 heterocycles. The van der Waals surface area contributed by atoms with Crippen LogP contribution in [-0.4, -0.2) is 30.7 Å². The minimum atomic E-state index is -3.38. The number of sulfonamides is 1. The van der Waals surface area contributed by atoms with Gasteiger partial charge in [0.1, 0.15) is 12.4 Å². The molecule has 0 aliphatic carbocycles. The zero-order valence-corrected chi connectivity index (χ0v) is 11.6. The van der Waals surface area contributed by atoms with Gasteiger partial charge in [-0.1, -0.05) is 0 Å². The summed E-state index contributed by atoms with van der Waals surface area (Å²) < 4.78 is 31.2. The maximum Gasteiger partial charge on any atom is 0.215 e. The Morgan fingerprint density at radius 1 is 1.30 bits per heavy atom. The number of hydrogen-bond acceptors (Lipinski definition) is 5. The molecule has 0 radical (unpaired) electrons. The van der Waals surface area contributed by atoms with E-state index in [1.165, 1.54) is 6.33 Å². The molecule has 0 unspecified atom stereocenters. The van der Waals surface area contributed by atoms with E-state index in [4.69, 9.17) is 10.5 Å². The van der Waals surface area contributed by atoms with Crippen LogP contribution in [0.25, 0.3) is 0 Å². The Labute approximate surface area is 117 Å². The summed E-state index contributed by atoms with van der Waals surface area (Å²) in [6.45, 7) is 0.256. The predicted molar refractivity (Wildman–Crippen MR) is 75.6 cm³/mol. The second-order valence-corrected chi connectivity index (χ2v) is 6.06. The van der Waals surface area contributed by atoms with Crippen LogP contribution in [0.2, 0.25) is 0 Å². The first-order chi connectivity index (χ1) is 9.55. The van der Waals surface area contributed by atoms with Crippen molar-refractivity contribution in [3.05, 3.63) is 42.5 Å². The molecule has 0 aliphatic heterocycles. The zero-order chi connectivity index (χ0) is 14.4. The van der Waals surface area contributed by atoms with Gasteiger partial charge in [0, 0.05) is 17.6 Å². The summed E-state index contributed by atoms with van der Waals surface area (Å²) in [5.41, 5.74) is 6.87. The molecule has 0 aliphatic rings. The Hall–Kier alpha value is -2.06. The number of nitrogens with zero attached hydrogens (tertiary/aromatic N) is 1. The van der Waals surface area contributed by atoms with Gasteiger partial charge < -0.3 is 15.5 Å². The van der Waals surface area contributed by atoms with E-state index in [2.05, 4.69) is 14.7 Å². The fourth-order valence-corrected chi connectivity index (χ4v) is 2.30. The predicted octanol–water partition coefficient (Wildman–Crippen LogP) is 0.490. The highest BCUT2D eigenvalue weighted by Gasteiger charge is 2.10. The number of imidazole rings is 1. The Kier molecular flexibility index (Phi) is 4.59. The van der Waals surface area contributed by atoms with Gasteiger partial charge in [0.05, 0.1) is 18.6 Å². The molecule has 0 bridgehead atoms. The van der Waals surface area contributed by atoms with Crippen molar-refractivity contribution in [2.24, 2.45) is 0 Å². The minimum Gasteiger partial charge on any atom is -0.492 e. The summed E-state index contributed by atoms with van der Waals surface area (Å²) in [7, 11) is -3.38. The maximum atomic E-state index is 11.7. The molecule has 7 nitrogen and oxygen atoms in total. The molecule has 2 aromatic rings. The second kappa shape index (κ2) is 6.40. The number of anilines is 1. The van der Waals surface area contributed by atoms with Crippen molar-refractivity contribution >= 4 is 15.7 Å². The Morgan fingerprint density at radius 2 is 2.05 bits per heavy atom. The van der Waals surface area contributed by atoms with Crippen LogP contribution in [0.1, 0.15) is 5.69 Å². The lowest BCUT2D eigenvalue weighted by Gasteiger charge is -2.08. The lowest BCUT2D eigenvalue weighted by atomic mass is 10.3. The number of aromatic amines is 1. The monoisotopic (exact) mass is 296 g/mol. The van der Waals surface area contributed by atoms with Crippen molar-refractivity contribution in [2.75, 3.05) is 18.1 Å². The first-order valence-corrected chi connectivity index (χ1v) is 7.63. The minimum absolute atomic E-state index is 0.0717. The molecule has 0 fully saturated rings. The summed E-state index contributed by atoms with van der Waals surface area (Å²) in [5.74, 6) is 0.467. The van der Waals surface area contributed by atoms with E-state index < -0.39 is 10.0 Å². The number of ether oxygens (including phenoxy) is 1. The Morgan fingerprint density at radius 3 is 2.70 bits per heavy atom. The molecule has 4 N–H and O–H groups in total. The summed E-state index contributed by atoms with van der Waals surface area (Å²) in [6.07, 6.45) is 3.06. The standard InChI is InChI=1S/C12H16N4O3S/c13-10-1-3-12(4-2-10)19-5-6-20(17,18)16-8-11-7-14-9-15-11/h1-4,7,9,16H,5-6,8,13H2,(H,14,15). The van der Waals surface area contributed by atoms with Crippen molar-refractivity contribution < 1.29 is 13.2 Å². The van der Waals surface area contributed by atoms with Gasteiger partial charge in [-0.3, -0.25) is 0 Å². The van der Waals surface area contributed by atoms with Crippen molar-refractivity contribution in [1.29, 1.82) is 0 Å². The Balaban J connectivity index is 1.76. The molecule has 0 saturated carbocycles. The van der Waals surface area contributed by atoms with Gasteiger partial charge >= 0.3 is 0 Å². The molecule has 1 aromatic heterocycles. The number of benzene rings is 1. The number of nitrogens with one attached hydrogen (secondary N) is 2. The van der Waals surface area contributed by atoms with E-state index in [-0.39, 0.29) is 18.9 Å². The highest BCUT2D eigenvalue weighted by molar-refractivity contribution is 7.89. The van der Waals surface area contributed by atoms with Gasteiger partial charge in [-0.2, -0.15) is 0 Å². The van der Waals surface area contributed by atoms with Gasteiger partial charge in [0.2, 0.25) is 10.0 Å². The normalized spacial score (nSPS) is 11.4. The number of rotatable bonds is 7. The highest BCUT2D eigenvalue weighted by atomic mass is 32.2. The second-order valence-electron chi connectivity index (χ2n) is 4.13. The van der Waals surface area contributed by atoms with Crippen molar-refractivity contribution in [1.82, 2.24) is 14.7 Å². The van der Waals surface area contributed by atoms with Gasteiger partial charge in [0.25, 0.3) is 0 Å². The average Bonchev–Trinajstić information content (AvgIpc) is 2.92. The summed E-state index contributed by atoms with van der Waals surface area (Å²) in [5, 5.41) is 0. The summed E-state index contributed by atoms with van der Waals surface area (Å²) in [4.78, 5) is 6.62. The molecule has 0 atom stereocenters. The SMILES string of the molecule is Nc1ccc(OCCS(=O)(=O)NCc2cnc[nH]2)cc1. The van der Waals surface area contributed by atoms with E-state index in [0.717, 1.165) is 0 Å². The lowest BCUT2D eigenvalue weighted by molar-refractivity contribution is 0.340. The van der Waals surface area contributed by atoms with Crippen LogP contribution in [0.3, 0.4) is 0 Å². The third kappa shape index (κ3) is 4.56. The quantitative estimate of drug-likeness (QED) is 0.644. The smallest absolute Gasteiger partial charge is 0.215 e. The third-order valence-corrected chi connectivity index (χ3v) is 3.83. The fourth-order valence-electron chi connectivity index (χ4n) is 1.47. The van der Waals surface area contributed by atoms with Crippen molar-refractivity contribution in [3.63, 3.8) is 0 Å². The van der Waals surface area contributed by atoms with Crippen LogP contribution in [0.15, 0.2) is 36.8 Å². The summed E-state index contributed by atoms with van der Waals surface area (Å²) >= 11 is 0. The number of nitrogen functional groups attached to an aromatic ring is 1. The van der Waals surface area contributed by atoms with Crippen LogP contribution in [0, 0.1) is 0 Å². The van der Waals surface area contributed by atoms with Gasteiger partial charge in [-0.15, -0.1) is 0 Å². The van der Waals surface area contributed by atoms with Gasteiger partial charge in [-0.25, -0.2) is 18.1 Å². The number of nitrogens with two attached hydrogens (primary N) is 1. The molecule has 1 aromatic carbocycles. The topological polar surface area (TPSA) is 110 Å². The lowest BCUT2D eigenvalue weighted by Crippen LogP contribution is -2.28. The number of H-pyrrole nitrogens is 1. The van der Waals surface area contributed by atoms with E-state index in [1.54, 1.807) is 30.5 Å². The molecule has 0 amide bonds. The number of aromatic nitrogens is 2. The van der Waals surface area contributed by atoms with Crippen LogP contribution in [0.4, 0.5) is 5.69 Å². The van der Waals surface area contributed by atoms with E-state index in [1.807, 2.05) is 0 Å². The van der Waals surface area contributed by atoms with Gasteiger partial charge in [-0.05, 0) is 24.3 Å². The maximum absolute atomic E-state index is 11.7. The van der Waals surface area contributed by atoms with Crippen LogP contribution < -0.4 is 15.2 Å². The fraction of sp³-hybridized carbons (Fsp3) is 0.250.